The predicted octanol–water partition coefficient (Wildman–Crippen LogP) is 5.94. The normalized spacial score (nSPS) is 29.6. The van der Waals surface area contributed by atoms with Gasteiger partial charge in [0.05, 0.1) is 28.8 Å². The molecule has 2 spiro atoms. The summed E-state index contributed by atoms with van der Waals surface area (Å²) in [5.41, 5.74) is -2.61. The van der Waals surface area contributed by atoms with Crippen molar-refractivity contribution >= 4 is 39.3 Å². The van der Waals surface area contributed by atoms with E-state index in [2.05, 4.69) is 42.6 Å². The van der Waals surface area contributed by atoms with Crippen molar-refractivity contribution in [3.63, 3.8) is 0 Å². The van der Waals surface area contributed by atoms with Crippen molar-refractivity contribution in [2.75, 3.05) is 13.1 Å². The van der Waals surface area contributed by atoms with Crippen LogP contribution in [0.25, 0.3) is 0 Å². The van der Waals surface area contributed by atoms with Crippen LogP contribution in [0.1, 0.15) is 159 Å². The standard InChI is InChI=1S/C43H70N4O7S/c1-27(2)46-22-12-11-15-30(46)35(50)44-34(39(6,7)8)32(48)23-29(38(3,4)5)36(51)47-26-43(40(9,10)42(43)20-14-21-42)24-31(47)33(49)25-41(18-13-19-41)37(52)45-55(53,54)28-16-17-28/h27-31,34H,11-26H2,1-10H3,(H,44,50)(H,45,52)/t29-,30+,31+,34-,43-/m1/s1. The van der Waals surface area contributed by atoms with Gasteiger partial charge in [-0.1, -0.05) is 74.7 Å². The summed E-state index contributed by atoms with van der Waals surface area (Å²) in [6.45, 7) is 21.7. The lowest BCUT2D eigenvalue weighted by Crippen LogP contribution is -2.58. The second-order valence-corrected chi connectivity index (χ2v) is 23.5. The molecule has 11 nitrogen and oxygen atoms in total. The van der Waals surface area contributed by atoms with Crippen LogP contribution in [0.4, 0.5) is 0 Å². The van der Waals surface area contributed by atoms with Gasteiger partial charge < -0.3 is 10.2 Å². The Kier molecular flexibility index (Phi) is 10.9. The van der Waals surface area contributed by atoms with Crippen molar-refractivity contribution in [2.45, 2.75) is 189 Å². The van der Waals surface area contributed by atoms with Crippen LogP contribution in [-0.2, 0) is 34.0 Å². The minimum Gasteiger partial charge on any atom is -0.344 e. The zero-order valence-electron chi connectivity index (χ0n) is 35.4. The molecular weight excluding hydrogens is 717 g/mol. The van der Waals surface area contributed by atoms with Gasteiger partial charge in [-0.2, -0.15) is 0 Å². The van der Waals surface area contributed by atoms with Gasteiger partial charge in [0.25, 0.3) is 0 Å². The molecule has 2 aliphatic heterocycles. The van der Waals surface area contributed by atoms with E-state index in [4.69, 9.17) is 0 Å². The van der Waals surface area contributed by atoms with Gasteiger partial charge in [0.2, 0.25) is 27.7 Å². The fourth-order valence-electron chi connectivity index (χ4n) is 11.5. The number of amides is 3. The fraction of sp³-hybridized carbons (Fsp3) is 0.884. The first-order valence-electron chi connectivity index (χ1n) is 21.3. The molecule has 2 saturated heterocycles. The van der Waals surface area contributed by atoms with Crippen LogP contribution in [0.2, 0.25) is 0 Å². The summed E-state index contributed by atoms with van der Waals surface area (Å²) in [4.78, 5) is 75.8. The third-order valence-corrected chi connectivity index (χ3v) is 17.5. The summed E-state index contributed by atoms with van der Waals surface area (Å²) in [7, 11) is -3.77. The number of Topliss-reactive ketones (excluding diaryl/α,β-unsaturated/α-hetero) is 2. The molecule has 6 fully saturated rings. The monoisotopic (exact) mass is 786 g/mol. The van der Waals surface area contributed by atoms with Gasteiger partial charge in [0, 0.05) is 36.8 Å². The molecule has 6 rings (SSSR count). The maximum Gasteiger partial charge on any atom is 0.240 e. The number of carbonyl (C=O) groups is 5. The number of nitrogens with zero attached hydrogens (tertiary/aromatic N) is 2. The van der Waals surface area contributed by atoms with E-state index in [0.717, 1.165) is 51.5 Å². The number of piperidine rings is 1. The molecule has 0 radical (unpaired) electrons. The second-order valence-electron chi connectivity index (χ2n) is 21.5. The van der Waals surface area contributed by atoms with E-state index in [1.807, 2.05) is 41.5 Å². The van der Waals surface area contributed by atoms with Crippen molar-refractivity contribution in [3.8, 4) is 0 Å². The molecular formula is C43H70N4O7S. The van der Waals surface area contributed by atoms with E-state index in [0.29, 0.717) is 38.6 Å². The predicted molar refractivity (Wildman–Crippen MR) is 212 cm³/mol. The number of sulfonamides is 1. The molecule has 0 unspecified atom stereocenters. The lowest BCUT2D eigenvalue weighted by atomic mass is 9.64. The van der Waals surface area contributed by atoms with Crippen LogP contribution in [0.5, 0.6) is 0 Å². The quantitative estimate of drug-likeness (QED) is 0.233. The fourth-order valence-corrected chi connectivity index (χ4v) is 12.9. The molecule has 310 valence electrons. The highest BCUT2D eigenvalue weighted by molar-refractivity contribution is 7.90. The van der Waals surface area contributed by atoms with Gasteiger partial charge in [-0.3, -0.25) is 33.6 Å². The van der Waals surface area contributed by atoms with Crippen LogP contribution in [0.15, 0.2) is 0 Å². The highest BCUT2D eigenvalue weighted by Crippen LogP contribution is 2.88. The summed E-state index contributed by atoms with van der Waals surface area (Å²) in [6.07, 6.45) is 8.94. The maximum absolute atomic E-state index is 15.2. The van der Waals surface area contributed by atoms with E-state index in [-0.39, 0.29) is 64.6 Å². The molecule has 4 aliphatic carbocycles. The minimum absolute atomic E-state index is 0.0507. The van der Waals surface area contributed by atoms with Gasteiger partial charge in [0.15, 0.2) is 11.6 Å². The Bertz CT molecular complexity index is 1680. The molecule has 3 amide bonds. The second kappa shape index (κ2) is 14.2. The lowest BCUT2D eigenvalue weighted by molar-refractivity contribution is -0.148. The van der Waals surface area contributed by atoms with Crippen molar-refractivity contribution in [1.82, 2.24) is 19.8 Å². The van der Waals surface area contributed by atoms with Crippen LogP contribution in [0.3, 0.4) is 0 Å². The molecule has 2 N–H and O–H groups in total. The largest absolute Gasteiger partial charge is 0.344 e. The van der Waals surface area contributed by atoms with Gasteiger partial charge >= 0.3 is 0 Å². The van der Waals surface area contributed by atoms with E-state index in [1.54, 1.807) is 4.90 Å². The Morgan fingerprint density at radius 3 is 1.89 bits per heavy atom. The number of hydrogen-bond donors (Lipinski definition) is 2. The van der Waals surface area contributed by atoms with Crippen molar-refractivity contribution < 1.29 is 32.4 Å². The molecule has 5 atom stereocenters. The summed E-state index contributed by atoms with van der Waals surface area (Å²) < 4.78 is 27.9. The number of rotatable bonds is 13. The maximum atomic E-state index is 15.2. The van der Waals surface area contributed by atoms with Gasteiger partial charge in [0.1, 0.15) is 0 Å². The molecule has 2 heterocycles. The van der Waals surface area contributed by atoms with E-state index in [9.17, 15) is 27.6 Å². The molecule has 6 aliphatic rings. The highest BCUT2D eigenvalue weighted by Gasteiger charge is 2.85. The number of nitrogens with one attached hydrogen (secondary N) is 2. The Labute approximate surface area is 330 Å². The van der Waals surface area contributed by atoms with Crippen LogP contribution in [-0.4, -0.2) is 90.0 Å². The summed E-state index contributed by atoms with van der Waals surface area (Å²) >= 11 is 0. The molecule has 0 aromatic rings. The van der Waals surface area contributed by atoms with Crippen LogP contribution in [0, 0.1) is 38.4 Å². The van der Waals surface area contributed by atoms with E-state index < -0.39 is 55.4 Å². The molecule has 0 aromatic carbocycles. The molecule has 4 saturated carbocycles. The van der Waals surface area contributed by atoms with Gasteiger partial charge in [-0.15, -0.1) is 0 Å². The van der Waals surface area contributed by atoms with Crippen molar-refractivity contribution in [2.24, 2.45) is 38.4 Å². The Balaban J connectivity index is 1.26. The first kappa shape index (κ1) is 42.3. The molecule has 0 aromatic heterocycles. The average molecular weight is 787 g/mol. The van der Waals surface area contributed by atoms with Crippen LogP contribution >= 0.6 is 0 Å². The SMILES string of the molecule is CC(C)N1CCCC[C@H]1C(=O)N[C@H](C(=O)C[C@H](C(=O)N1C[C@]2(C[C@H]1C(=O)CC1(C(=O)NS(=O)(=O)C3CC3)CCC1)C(C)(C)C21CCC1)C(C)(C)C)C(C)(C)C. The number of likely N-dealkylation sites (tertiary alicyclic amines) is 2. The highest BCUT2D eigenvalue weighted by atomic mass is 32.2. The van der Waals surface area contributed by atoms with Crippen LogP contribution < -0.4 is 10.0 Å². The first-order chi connectivity index (χ1) is 25.3. The summed E-state index contributed by atoms with van der Waals surface area (Å²) in [6, 6.07) is -1.68. The number of hydrogen-bond acceptors (Lipinski definition) is 8. The smallest absolute Gasteiger partial charge is 0.240 e. The first-order valence-corrected chi connectivity index (χ1v) is 22.9. The summed E-state index contributed by atoms with van der Waals surface area (Å²) in [5.74, 6) is -2.10. The zero-order valence-corrected chi connectivity index (χ0v) is 36.3. The number of carbonyl (C=O) groups excluding carboxylic acids is 5. The third-order valence-electron chi connectivity index (χ3n) is 15.7. The van der Waals surface area contributed by atoms with Gasteiger partial charge in [-0.05, 0) is 99.8 Å². The van der Waals surface area contributed by atoms with E-state index in [1.165, 1.54) is 0 Å². The molecule has 12 heteroatoms. The minimum atomic E-state index is -3.77. The van der Waals surface area contributed by atoms with E-state index >= 15 is 4.79 Å². The molecule has 0 bridgehead atoms. The Morgan fingerprint density at radius 1 is 0.800 bits per heavy atom. The molecule has 55 heavy (non-hydrogen) atoms. The topological polar surface area (TPSA) is 150 Å². The van der Waals surface area contributed by atoms with Crippen molar-refractivity contribution in [1.29, 1.82) is 0 Å². The number of ketones is 2. The number of fused-ring (bicyclic) bond motifs is 1. The summed E-state index contributed by atoms with van der Waals surface area (Å²) in [5, 5.41) is 2.60. The third kappa shape index (κ3) is 7.24. The van der Waals surface area contributed by atoms with Crippen molar-refractivity contribution in [3.05, 3.63) is 0 Å². The van der Waals surface area contributed by atoms with Gasteiger partial charge in [-0.25, -0.2) is 8.42 Å². The Hall–Kier alpha value is -2.34. The Morgan fingerprint density at radius 2 is 1.42 bits per heavy atom. The average Bonchev–Trinajstić information content (AvgIpc) is 3.90. The lowest BCUT2D eigenvalue weighted by Gasteiger charge is -2.41. The zero-order chi connectivity index (χ0) is 40.7.